The highest BCUT2D eigenvalue weighted by molar-refractivity contribution is 5.97. The van der Waals surface area contributed by atoms with E-state index in [1.54, 1.807) is 25.1 Å². The molecule has 8 nitrogen and oxygen atoms in total. The fraction of sp³-hybridized carbons (Fsp3) is 0.250. The number of ketones is 1. The van der Waals surface area contributed by atoms with Crippen molar-refractivity contribution in [3.63, 3.8) is 0 Å². The maximum absolute atomic E-state index is 11.9. The second-order valence-electron chi connectivity index (χ2n) is 5.11. The van der Waals surface area contributed by atoms with Gasteiger partial charge in [0.2, 0.25) is 5.91 Å². The minimum Gasteiger partial charge on any atom is -0.482 e. The van der Waals surface area contributed by atoms with E-state index in [4.69, 9.17) is 9.26 Å². The number of rotatable bonds is 6. The third-order valence-electron chi connectivity index (χ3n) is 2.95. The topological polar surface area (TPSA) is 111 Å². The molecule has 0 bridgehead atoms. The maximum Gasteiger partial charge on any atom is 0.263 e. The highest BCUT2D eigenvalue weighted by Gasteiger charge is 2.12. The van der Waals surface area contributed by atoms with Crippen LogP contribution in [-0.4, -0.2) is 29.4 Å². The van der Waals surface area contributed by atoms with Gasteiger partial charge in [-0.25, -0.2) is 0 Å². The van der Waals surface area contributed by atoms with Crippen LogP contribution in [-0.2, 0) is 9.59 Å². The molecule has 0 aliphatic rings. The molecule has 126 valence electrons. The van der Waals surface area contributed by atoms with Crippen LogP contribution in [0, 0.1) is 6.92 Å². The van der Waals surface area contributed by atoms with Crippen LogP contribution in [0.15, 0.2) is 28.8 Å². The van der Waals surface area contributed by atoms with Crippen molar-refractivity contribution in [1.82, 2.24) is 5.16 Å². The van der Waals surface area contributed by atoms with Crippen molar-refractivity contribution in [3.8, 4) is 5.75 Å². The number of hydrogen-bond acceptors (Lipinski definition) is 6. The number of nitrogens with one attached hydrogen (secondary N) is 2. The minimum absolute atomic E-state index is 0.156. The Bertz CT molecular complexity index is 782. The lowest BCUT2D eigenvalue weighted by Gasteiger charge is -2.12. The van der Waals surface area contributed by atoms with Crippen LogP contribution in [0.3, 0.4) is 0 Å². The van der Waals surface area contributed by atoms with E-state index in [1.807, 2.05) is 0 Å². The number of benzene rings is 1. The van der Waals surface area contributed by atoms with Gasteiger partial charge in [-0.1, -0.05) is 5.16 Å². The lowest BCUT2D eigenvalue weighted by molar-refractivity contribution is -0.118. The maximum atomic E-state index is 11.9. The van der Waals surface area contributed by atoms with Crippen LogP contribution in [0.2, 0.25) is 0 Å². The Morgan fingerprint density at radius 1 is 1.17 bits per heavy atom. The zero-order chi connectivity index (χ0) is 17.7. The summed E-state index contributed by atoms with van der Waals surface area (Å²) in [5, 5.41) is 8.73. The van der Waals surface area contributed by atoms with Crippen molar-refractivity contribution in [2.75, 3.05) is 17.2 Å². The predicted molar refractivity (Wildman–Crippen MR) is 86.1 cm³/mol. The van der Waals surface area contributed by atoms with Gasteiger partial charge in [0.25, 0.3) is 5.91 Å². The van der Waals surface area contributed by atoms with Crippen molar-refractivity contribution >= 4 is 29.1 Å². The van der Waals surface area contributed by atoms with E-state index in [2.05, 4.69) is 15.8 Å². The number of carbonyl (C=O) groups is 3. The summed E-state index contributed by atoms with van der Waals surface area (Å²) in [5.41, 5.74) is 0.782. The average Bonchev–Trinajstić information content (AvgIpc) is 2.90. The van der Waals surface area contributed by atoms with Crippen LogP contribution in [0.4, 0.5) is 11.5 Å². The molecule has 8 heteroatoms. The standard InChI is InChI=1S/C16H17N3O5/c1-9-6-15(19-24-9)18-16(22)8-23-14-7-12(10(2)20)4-5-13(14)17-11(3)21/h4-7H,8H2,1-3H3,(H,17,21)(H,18,19,22). The molecule has 0 saturated heterocycles. The zero-order valence-corrected chi connectivity index (χ0v) is 13.5. The molecule has 1 aromatic carbocycles. The number of aromatic nitrogens is 1. The Morgan fingerprint density at radius 3 is 2.50 bits per heavy atom. The van der Waals surface area contributed by atoms with Gasteiger partial charge in [0, 0.05) is 18.6 Å². The number of ether oxygens (including phenoxy) is 1. The van der Waals surface area contributed by atoms with Crippen molar-refractivity contribution in [2.24, 2.45) is 0 Å². The largest absolute Gasteiger partial charge is 0.482 e. The highest BCUT2D eigenvalue weighted by Crippen LogP contribution is 2.26. The third kappa shape index (κ3) is 4.67. The Hall–Kier alpha value is -3.16. The summed E-state index contributed by atoms with van der Waals surface area (Å²) in [6, 6.07) is 6.16. The van der Waals surface area contributed by atoms with Crippen LogP contribution in [0.5, 0.6) is 5.75 Å². The van der Waals surface area contributed by atoms with Crippen LogP contribution < -0.4 is 15.4 Å². The van der Waals surface area contributed by atoms with E-state index in [1.165, 1.54) is 19.9 Å². The number of nitrogens with zero attached hydrogens (tertiary/aromatic N) is 1. The molecule has 2 amide bonds. The van der Waals surface area contributed by atoms with Gasteiger partial charge in [-0.3, -0.25) is 14.4 Å². The number of hydrogen-bond donors (Lipinski definition) is 2. The molecule has 0 radical (unpaired) electrons. The molecule has 0 fully saturated rings. The normalized spacial score (nSPS) is 10.1. The van der Waals surface area contributed by atoms with E-state index in [-0.39, 0.29) is 29.9 Å². The first-order valence-electron chi connectivity index (χ1n) is 7.13. The van der Waals surface area contributed by atoms with Crippen LogP contribution in [0.1, 0.15) is 30.0 Å². The Kier molecular flexibility index (Phi) is 5.31. The van der Waals surface area contributed by atoms with E-state index >= 15 is 0 Å². The Balaban J connectivity index is 2.08. The molecule has 2 rings (SSSR count). The molecule has 1 aromatic heterocycles. The molecule has 0 saturated carbocycles. The molecule has 0 aliphatic carbocycles. The first kappa shape index (κ1) is 17.2. The van der Waals surface area contributed by atoms with E-state index in [0.717, 1.165) is 0 Å². The average molecular weight is 331 g/mol. The second kappa shape index (κ2) is 7.40. The number of carbonyl (C=O) groups excluding carboxylic acids is 3. The first-order chi connectivity index (χ1) is 11.3. The number of aryl methyl sites for hydroxylation is 1. The van der Waals surface area contributed by atoms with E-state index in [0.29, 0.717) is 17.0 Å². The van der Waals surface area contributed by atoms with Gasteiger partial charge >= 0.3 is 0 Å². The van der Waals surface area contributed by atoms with Crippen LogP contribution >= 0.6 is 0 Å². The number of amides is 2. The molecule has 24 heavy (non-hydrogen) atoms. The SMILES string of the molecule is CC(=O)Nc1ccc(C(C)=O)cc1OCC(=O)Nc1cc(C)on1. The fourth-order valence-electron chi connectivity index (χ4n) is 1.90. The smallest absolute Gasteiger partial charge is 0.263 e. The van der Waals surface area contributed by atoms with Gasteiger partial charge in [-0.15, -0.1) is 0 Å². The van der Waals surface area contributed by atoms with Crippen molar-refractivity contribution in [1.29, 1.82) is 0 Å². The van der Waals surface area contributed by atoms with Gasteiger partial charge in [0.05, 0.1) is 5.69 Å². The molecule has 2 aromatic rings. The summed E-state index contributed by atoms with van der Waals surface area (Å²) in [6.45, 7) is 4.14. The second-order valence-corrected chi connectivity index (χ2v) is 5.11. The third-order valence-corrected chi connectivity index (χ3v) is 2.95. The molecule has 1 heterocycles. The van der Waals surface area contributed by atoms with Gasteiger partial charge in [-0.2, -0.15) is 0 Å². The highest BCUT2D eigenvalue weighted by atomic mass is 16.5. The van der Waals surface area contributed by atoms with Crippen molar-refractivity contribution < 1.29 is 23.6 Å². The fourth-order valence-corrected chi connectivity index (χ4v) is 1.90. The monoisotopic (exact) mass is 331 g/mol. The van der Waals surface area contributed by atoms with Gasteiger partial charge < -0.3 is 19.9 Å². The lowest BCUT2D eigenvalue weighted by Crippen LogP contribution is -2.21. The molecule has 0 unspecified atom stereocenters. The number of anilines is 2. The predicted octanol–water partition coefficient (Wildman–Crippen LogP) is 2.16. The van der Waals surface area contributed by atoms with Gasteiger partial charge in [-0.05, 0) is 32.0 Å². The van der Waals surface area contributed by atoms with Gasteiger partial charge in [0.1, 0.15) is 11.5 Å². The summed E-state index contributed by atoms with van der Waals surface area (Å²) >= 11 is 0. The molecular weight excluding hydrogens is 314 g/mol. The zero-order valence-electron chi connectivity index (χ0n) is 13.5. The molecule has 0 atom stereocenters. The minimum atomic E-state index is -0.453. The van der Waals surface area contributed by atoms with Crippen molar-refractivity contribution in [3.05, 3.63) is 35.6 Å². The summed E-state index contributed by atoms with van der Waals surface area (Å²) in [7, 11) is 0. The Morgan fingerprint density at radius 2 is 1.92 bits per heavy atom. The lowest BCUT2D eigenvalue weighted by atomic mass is 10.1. The summed E-state index contributed by atoms with van der Waals surface area (Å²) in [6.07, 6.45) is 0. The van der Waals surface area contributed by atoms with E-state index in [9.17, 15) is 14.4 Å². The van der Waals surface area contributed by atoms with Crippen LogP contribution in [0.25, 0.3) is 0 Å². The van der Waals surface area contributed by atoms with E-state index < -0.39 is 5.91 Å². The quantitative estimate of drug-likeness (QED) is 0.785. The molecule has 0 aliphatic heterocycles. The summed E-state index contributed by atoms with van der Waals surface area (Å²) in [5.74, 6) is 0.165. The number of Topliss-reactive ketones (excluding diaryl/α,β-unsaturated/α-hetero) is 1. The van der Waals surface area contributed by atoms with Gasteiger partial charge in [0.15, 0.2) is 18.2 Å². The van der Waals surface area contributed by atoms with Crippen molar-refractivity contribution in [2.45, 2.75) is 20.8 Å². The molecule has 0 spiro atoms. The summed E-state index contributed by atoms with van der Waals surface area (Å²) in [4.78, 5) is 34.6. The Labute approximate surface area is 138 Å². The summed E-state index contributed by atoms with van der Waals surface area (Å²) < 4.78 is 10.3. The molecule has 2 N–H and O–H groups in total. The molecular formula is C16H17N3O5. The first-order valence-corrected chi connectivity index (χ1v) is 7.13.